The van der Waals surface area contributed by atoms with Crippen molar-refractivity contribution < 1.29 is 4.79 Å². The maximum absolute atomic E-state index is 11.8. The van der Waals surface area contributed by atoms with Gasteiger partial charge in [-0.15, -0.1) is 0 Å². The molecular weight excluding hydrogens is 190 g/mol. The number of nitrogens with one attached hydrogen (secondary N) is 1. The van der Waals surface area contributed by atoms with Crippen molar-refractivity contribution in [1.29, 1.82) is 0 Å². The van der Waals surface area contributed by atoms with Crippen LogP contribution < -0.4 is 11.1 Å². The number of hydrogen-bond acceptors (Lipinski definition) is 4. The Bertz CT molecular complexity index is 329. The second-order valence-electron chi connectivity index (χ2n) is 3.49. The third-order valence-corrected chi connectivity index (χ3v) is 2.18. The molecule has 1 aromatic rings. The van der Waals surface area contributed by atoms with Gasteiger partial charge in [-0.3, -0.25) is 4.79 Å². The zero-order valence-electron chi connectivity index (χ0n) is 9.21. The molecule has 4 heteroatoms. The van der Waals surface area contributed by atoms with Gasteiger partial charge in [0.05, 0.1) is 12.1 Å². The Morgan fingerprint density at radius 2 is 2.33 bits per heavy atom. The lowest BCUT2D eigenvalue weighted by Gasteiger charge is -2.07. The van der Waals surface area contributed by atoms with Crippen molar-refractivity contribution in [3.05, 3.63) is 23.4 Å². The van der Waals surface area contributed by atoms with Crippen LogP contribution in [0.5, 0.6) is 0 Å². The smallest absolute Gasteiger partial charge is 0.180 e. The highest BCUT2D eigenvalue weighted by atomic mass is 16.1. The Labute approximate surface area is 89.9 Å². The third kappa shape index (κ3) is 3.02. The Morgan fingerprint density at radius 1 is 1.60 bits per heavy atom. The van der Waals surface area contributed by atoms with Gasteiger partial charge in [-0.1, -0.05) is 6.92 Å². The summed E-state index contributed by atoms with van der Waals surface area (Å²) in [5, 5.41) is 3.05. The summed E-state index contributed by atoms with van der Waals surface area (Å²) in [4.78, 5) is 15.7. The van der Waals surface area contributed by atoms with E-state index in [1.165, 1.54) is 0 Å². The van der Waals surface area contributed by atoms with E-state index in [4.69, 9.17) is 5.73 Å². The molecule has 15 heavy (non-hydrogen) atoms. The topological polar surface area (TPSA) is 68.0 Å². The fourth-order valence-corrected chi connectivity index (χ4v) is 1.41. The zero-order valence-corrected chi connectivity index (χ0v) is 9.21. The summed E-state index contributed by atoms with van der Waals surface area (Å²) in [6.45, 7) is 5.09. The number of aryl methyl sites for hydroxylation is 1. The molecule has 0 fully saturated rings. The average Bonchev–Trinajstić information content (AvgIpc) is 2.18. The van der Waals surface area contributed by atoms with Crippen molar-refractivity contribution in [2.75, 3.05) is 18.8 Å². The van der Waals surface area contributed by atoms with E-state index in [2.05, 4.69) is 17.2 Å². The summed E-state index contributed by atoms with van der Waals surface area (Å²) < 4.78 is 0. The molecule has 0 atom stereocenters. The van der Waals surface area contributed by atoms with Crippen LogP contribution in [0.15, 0.2) is 12.3 Å². The van der Waals surface area contributed by atoms with Gasteiger partial charge in [0.25, 0.3) is 0 Å². The van der Waals surface area contributed by atoms with E-state index in [1.54, 1.807) is 12.3 Å². The van der Waals surface area contributed by atoms with Gasteiger partial charge in [0.1, 0.15) is 5.82 Å². The predicted molar refractivity (Wildman–Crippen MR) is 60.9 cm³/mol. The van der Waals surface area contributed by atoms with Crippen molar-refractivity contribution >= 4 is 11.6 Å². The fraction of sp³-hybridized carbons (Fsp3) is 0.455. The van der Waals surface area contributed by atoms with Crippen LogP contribution in [0, 0.1) is 6.92 Å². The Balaban J connectivity index is 2.73. The Hall–Kier alpha value is -1.42. The predicted octanol–water partition coefficient (Wildman–Crippen LogP) is 1.15. The highest BCUT2D eigenvalue weighted by molar-refractivity contribution is 6.02. The first-order chi connectivity index (χ1) is 7.16. The van der Waals surface area contributed by atoms with Gasteiger partial charge in [-0.2, -0.15) is 0 Å². The molecule has 1 heterocycles. The van der Waals surface area contributed by atoms with Gasteiger partial charge >= 0.3 is 0 Å². The number of nitrogens with two attached hydrogens (primary N) is 1. The van der Waals surface area contributed by atoms with Crippen LogP contribution in [0.3, 0.4) is 0 Å². The van der Waals surface area contributed by atoms with Crippen molar-refractivity contribution in [2.45, 2.75) is 20.3 Å². The lowest BCUT2D eigenvalue weighted by molar-refractivity contribution is 0.0991. The molecule has 0 saturated carbocycles. The average molecular weight is 207 g/mol. The zero-order chi connectivity index (χ0) is 11.3. The summed E-state index contributed by atoms with van der Waals surface area (Å²) in [6, 6.07) is 1.80. The number of hydrogen-bond donors (Lipinski definition) is 2. The highest BCUT2D eigenvalue weighted by Crippen LogP contribution is 2.13. The quantitative estimate of drug-likeness (QED) is 0.561. The number of nitrogens with zero attached hydrogens (tertiary/aromatic N) is 1. The third-order valence-electron chi connectivity index (χ3n) is 2.18. The minimum atomic E-state index is 0.00606. The van der Waals surface area contributed by atoms with Crippen LogP contribution in [0.4, 0.5) is 5.82 Å². The monoisotopic (exact) mass is 207 g/mol. The number of ketones is 1. The lowest BCUT2D eigenvalue weighted by atomic mass is 10.1. The minimum Gasteiger partial charge on any atom is -0.383 e. The van der Waals surface area contributed by atoms with Gasteiger partial charge in [-0.05, 0) is 31.5 Å². The van der Waals surface area contributed by atoms with E-state index >= 15 is 0 Å². The largest absolute Gasteiger partial charge is 0.383 e. The molecule has 4 nitrogen and oxygen atoms in total. The normalized spacial score (nSPS) is 10.3. The number of carbonyl (C=O) groups is 1. The maximum Gasteiger partial charge on any atom is 0.180 e. The molecule has 0 aromatic carbocycles. The van der Waals surface area contributed by atoms with E-state index in [0.29, 0.717) is 17.9 Å². The fourth-order valence-electron chi connectivity index (χ4n) is 1.41. The number of rotatable bonds is 5. The van der Waals surface area contributed by atoms with Crippen LogP contribution in [0.2, 0.25) is 0 Å². The molecule has 0 radical (unpaired) electrons. The van der Waals surface area contributed by atoms with E-state index in [1.807, 2.05) is 6.92 Å². The maximum atomic E-state index is 11.8. The molecule has 0 amide bonds. The van der Waals surface area contributed by atoms with Crippen LogP contribution >= 0.6 is 0 Å². The van der Waals surface area contributed by atoms with Crippen molar-refractivity contribution in [2.24, 2.45) is 0 Å². The molecule has 0 bridgehead atoms. The van der Waals surface area contributed by atoms with Gasteiger partial charge in [-0.25, -0.2) is 4.98 Å². The van der Waals surface area contributed by atoms with Gasteiger partial charge < -0.3 is 11.1 Å². The molecule has 82 valence electrons. The summed E-state index contributed by atoms with van der Waals surface area (Å²) in [5.41, 5.74) is 7.09. The molecule has 0 spiro atoms. The number of pyridine rings is 1. The minimum absolute atomic E-state index is 0.00606. The van der Waals surface area contributed by atoms with E-state index in [9.17, 15) is 4.79 Å². The standard InChI is InChI=1S/C11H17N3O/c1-3-5-13-7-9(15)10-8(2)4-6-14-11(10)12/h4,6,13H,3,5,7H2,1-2H3,(H2,12,14). The van der Waals surface area contributed by atoms with Gasteiger partial charge in [0.15, 0.2) is 5.78 Å². The first-order valence-corrected chi connectivity index (χ1v) is 5.11. The summed E-state index contributed by atoms with van der Waals surface area (Å²) in [5.74, 6) is 0.324. The van der Waals surface area contributed by atoms with E-state index < -0.39 is 0 Å². The lowest BCUT2D eigenvalue weighted by Crippen LogP contribution is -2.25. The van der Waals surface area contributed by atoms with E-state index in [-0.39, 0.29) is 5.78 Å². The summed E-state index contributed by atoms with van der Waals surface area (Å²) in [6.07, 6.45) is 2.62. The first kappa shape index (κ1) is 11.7. The van der Waals surface area contributed by atoms with Gasteiger partial charge in [0, 0.05) is 6.20 Å². The molecule has 1 rings (SSSR count). The first-order valence-electron chi connectivity index (χ1n) is 5.11. The Kier molecular flexibility index (Phi) is 4.24. The van der Waals surface area contributed by atoms with Crippen molar-refractivity contribution in [3.63, 3.8) is 0 Å². The molecule has 0 aliphatic heterocycles. The summed E-state index contributed by atoms with van der Waals surface area (Å²) in [7, 11) is 0. The molecule has 1 aromatic heterocycles. The molecule has 3 N–H and O–H groups in total. The van der Waals surface area contributed by atoms with Crippen LogP contribution in [0.1, 0.15) is 29.3 Å². The molecule has 0 aliphatic carbocycles. The molecule has 0 unspecified atom stereocenters. The van der Waals surface area contributed by atoms with Gasteiger partial charge in [0.2, 0.25) is 0 Å². The number of carbonyl (C=O) groups excluding carboxylic acids is 1. The molecule has 0 aliphatic rings. The van der Waals surface area contributed by atoms with Crippen molar-refractivity contribution in [3.8, 4) is 0 Å². The second kappa shape index (κ2) is 5.46. The van der Waals surface area contributed by atoms with Crippen LogP contribution in [-0.2, 0) is 0 Å². The number of nitrogen functional groups attached to an aromatic ring is 1. The van der Waals surface area contributed by atoms with Crippen LogP contribution in [-0.4, -0.2) is 23.9 Å². The van der Waals surface area contributed by atoms with E-state index in [0.717, 1.165) is 18.5 Å². The molecule has 0 saturated heterocycles. The SMILES string of the molecule is CCCNCC(=O)c1c(C)ccnc1N. The summed E-state index contributed by atoms with van der Waals surface area (Å²) >= 11 is 0. The highest BCUT2D eigenvalue weighted by Gasteiger charge is 2.12. The number of anilines is 1. The number of aromatic nitrogens is 1. The van der Waals surface area contributed by atoms with Crippen LogP contribution in [0.25, 0.3) is 0 Å². The number of Topliss-reactive ketones (excluding diaryl/α,β-unsaturated/α-hetero) is 1. The van der Waals surface area contributed by atoms with Crippen molar-refractivity contribution in [1.82, 2.24) is 10.3 Å². The Morgan fingerprint density at radius 3 is 2.93 bits per heavy atom. The second-order valence-corrected chi connectivity index (χ2v) is 3.49. The molecular formula is C11H17N3O.